The van der Waals surface area contributed by atoms with Crippen LogP contribution >= 0.6 is 0 Å². The first-order chi connectivity index (χ1) is 8.41. The molecule has 1 aromatic heterocycles. The molecule has 0 aliphatic carbocycles. The molecule has 1 atom stereocenters. The van der Waals surface area contributed by atoms with Gasteiger partial charge in [-0.3, -0.25) is 9.78 Å². The lowest BCUT2D eigenvalue weighted by Crippen LogP contribution is -2.26. The summed E-state index contributed by atoms with van der Waals surface area (Å²) in [5.41, 5.74) is 1.09. The molecule has 0 N–H and O–H groups in total. The number of fused-ring (bicyclic) bond motifs is 1. The van der Waals surface area contributed by atoms with Crippen LogP contribution in [0.4, 0.5) is 0 Å². The normalized spacial score (nSPS) is 13.4. The van der Waals surface area contributed by atoms with Crippen molar-refractivity contribution in [3.05, 3.63) is 42.1 Å². The summed E-state index contributed by atoms with van der Waals surface area (Å²) in [6, 6.07) is 8.62. The number of benzene rings is 1. The Morgan fingerprint density at radius 1 is 1.22 bits per heavy atom. The number of hydrogen-bond donors (Lipinski definition) is 0. The molecule has 1 heterocycles. The Morgan fingerprint density at radius 2 is 1.94 bits per heavy atom. The summed E-state index contributed by atoms with van der Waals surface area (Å²) in [7, 11) is -3.39. The number of carbonyl (C=O) groups excluding carboxylic acids is 1. The maximum absolute atomic E-state index is 12.2. The maximum atomic E-state index is 12.2. The van der Waals surface area contributed by atoms with Crippen LogP contribution in [0.3, 0.4) is 0 Å². The number of sulfone groups is 1. The lowest BCUT2D eigenvalue weighted by molar-refractivity contribution is 0.0993. The van der Waals surface area contributed by atoms with Crippen molar-refractivity contribution in [1.82, 2.24) is 4.98 Å². The Kier molecular flexibility index (Phi) is 3.17. The van der Waals surface area contributed by atoms with Crippen LogP contribution in [0.15, 0.2) is 36.5 Å². The number of Topliss-reactive ketones (excluding diaryl/α,β-unsaturated/α-hetero) is 1. The van der Waals surface area contributed by atoms with Gasteiger partial charge in [0.05, 0.1) is 5.52 Å². The van der Waals surface area contributed by atoms with Gasteiger partial charge in [0, 0.05) is 23.4 Å². The molecular weight excluding hydrogens is 250 g/mol. The third-order valence-electron chi connectivity index (χ3n) is 2.92. The van der Waals surface area contributed by atoms with Crippen LogP contribution in [-0.4, -0.2) is 30.7 Å². The molecule has 18 heavy (non-hydrogen) atoms. The van der Waals surface area contributed by atoms with Crippen LogP contribution in [-0.2, 0) is 9.84 Å². The molecule has 1 unspecified atom stereocenters. The molecular formula is C13H13NO3S. The van der Waals surface area contributed by atoms with Crippen LogP contribution in [0.5, 0.6) is 0 Å². The first-order valence-electron chi connectivity index (χ1n) is 5.48. The predicted molar refractivity (Wildman–Crippen MR) is 70.4 cm³/mol. The topological polar surface area (TPSA) is 64.1 Å². The predicted octanol–water partition coefficient (Wildman–Crippen LogP) is 1.85. The van der Waals surface area contributed by atoms with Gasteiger partial charge in [0.2, 0.25) is 0 Å². The summed E-state index contributed by atoms with van der Waals surface area (Å²) in [6.45, 7) is 1.41. The molecule has 94 valence electrons. The Labute approximate surface area is 106 Å². The van der Waals surface area contributed by atoms with Crippen molar-refractivity contribution in [2.75, 3.05) is 6.26 Å². The summed E-state index contributed by atoms with van der Waals surface area (Å²) in [6.07, 6.45) is 2.70. The number of nitrogens with zero attached hydrogens (tertiary/aromatic N) is 1. The van der Waals surface area contributed by atoms with Crippen molar-refractivity contribution in [2.24, 2.45) is 0 Å². The van der Waals surface area contributed by atoms with Crippen LogP contribution in [0, 0.1) is 0 Å². The Hall–Kier alpha value is -1.75. The fraction of sp³-hybridized carbons (Fsp3) is 0.231. The monoisotopic (exact) mass is 263 g/mol. The summed E-state index contributed by atoms with van der Waals surface area (Å²) < 4.78 is 22.9. The van der Waals surface area contributed by atoms with Gasteiger partial charge in [-0.15, -0.1) is 0 Å². The molecule has 0 bridgehead atoms. The second-order valence-corrected chi connectivity index (χ2v) is 6.58. The number of aromatic nitrogens is 1. The lowest BCUT2D eigenvalue weighted by atomic mass is 10.0. The molecule has 0 spiro atoms. The smallest absolute Gasteiger partial charge is 0.181 e. The zero-order valence-electron chi connectivity index (χ0n) is 10.1. The highest BCUT2D eigenvalue weighted by Gasteiger charge is 2.25. The Bertz CT molecular complexity index is 702. The highest BCUT2D eigenvalue weighted by molar-refractivity contribution is 7.92. The number of ketones is 1. The van der Waals surface area contributed by atoms with Gasteiger partial charge >= 0.3 is 0 Å². The van der Waals surface area contributed by atoms with Gasteiger partial charge in [0.15, 0.2) is 15.6 Å². The Morgan fingerprint density at radius 3 is 2.61 bits per heavy atom. The number of rotatable bonds is 3. The van der Waals surface area contributed by atoms with E-state index in [1.165, 1.54) is 6.92 Å². The van der Waals surface area contributed by atoms with E-state index < -0.39 is 20.9 Å². The zero-order chi connectivity index (χ0) is 13.3. The molecule has 0 saturated carbocycles. The first-order valence-corrected chi connectivity index (χ1v) is 7.43. The molecule has 5 heteroatoms. The molecule has 0 aliphatic rings. The van der Waals surface area contributed by atoms with E-state index in [4.69, 9.17) is 0 Å². The van der Waals surface area contributed by atoms with Crippen molar-refractivity contribution in [1.29, 1.82) is 0 Å². The largest absolute Gasteiger partial charge is 0.293 e. The second kappa shape index (κ2) is 4.49. The van der Waals surface area contributed by atoms with Gasteiger partial charge in [-0.1, -0.05) is 18.2 Å². The molecule has 0 radical (unpaired) electrons. The van der Waals surface area contributed by atoms with Gasteiger partial charge in [-0.2, -0.15) is 0 Å². The van der Waals surface area contributed by atoms with E-state index in [-0.39, 0.29) is 0 Å². The van der Waals surface area contributed by atoms with Crippen molar-refractivity contribution in [2.45, 2.75) is 12.2 Å². The van der Waals surface area contributed by atoms with Gasteiger partial charge in [-0.05, 0) is 19.1 Å². The highest BCUT2D eigenvalue weighted by atomic mass is 32.2. The minimum absolute atomic E-state index is 0.392. The highest BCUT2D eigenvalue weighted by Crippen LogP contribution is 2.19. The average molecular weight is 263 g/mol. The van der Waals surface area contributed by atoms with E-state index in [1.807, 2.05) is 0 Å². The van der Waals surface area contributed by atoms with Gasteiger partial charge in [-0.25, -0.2) is 8.42 Å². The van der Waals surface area contributed by atoms with Gasteiger partial charge in [0.25, 0.3) is 0 Å². The second-order valence-electron chi connectivity index (χ2n) is 4.21. The summed E-state index contributed by atoms with van der Waals surface area (Å²) in [5.74, 6) is -0.392. The van der Waals surface area contributed by atoms with Crippen molar-refractivity contribution >= 4 is 26.5 Å². The fourth-order valence-electron chi connectivity index (χ4n) is 1.73. The average Bonchev–Trinajstić information content (AvgIpc) is 2.35. The van der Waals surface area contributed by atoms with Crippen LogP contribution in [0.2, 0.25) is 0 Å². The molecule has 1 aromatic carbocycles. The van der Waals surface area contributed by atoms with Crippen molar-refractivity contribution < 1.29 is 13.2 Å². The summed E-state index contributed by atoms with van der Waals surface area (Å²) in [5, 5.41) is -0.358. The molecule has 0 saturated heterocycles. The first kappa shape index (κ1) is 12.7. The lowest BCUT2D eigenvalue weighted by Gasteiger charge is -2.10. The summed E-state index contributed by atoms with van der Waals surface area (Å²) in [4.78, 5) is 16.3. The molecule has 2 rings (SSSR count). The minimum atomic E-state index is -3.39. The van der Waals surface area contributed by atoms with Crippen LogP contribution in [0.25, 0.3) is 10.9 Å². The number of hydrogen-bond acceptors (Lipinski definition) is 4. The van der Waals surface area contributed by atoms with E-state index in [2.05, 4.69) is 4.98 Å². The van der Waals surface area contributed by atoms with Crippen molar-refractivity contribution in [3.63, 3.8) is 0 Å². The molecule has 2 aromatic rings. The molecule has 4 nitrogen and oxygen atoms in total. The number of pyridine rings is 1. The minimum Gasteiger partial charge on any atom is -0.293 e. The van der Waals surface area contributed by atoms with Gasteiger partial charge < -0.3 is 0 Å². The molecule has 0 amide bonds. The van der Waals surface area contributed by atoms with Crippen LogP contribution in [0.1, 0.15) is 17.3 Å². The molecule has 0 aliphatic heterocycles. The quantitative estimate of drug-likeness (QED) is 0.793. The van der Waals surface area contributed by atoms with Crippen molar-refractivity contribution in [3.8, 4) is 0 Å². The van der Waals surface area contributed by atoms with Gasteiger partial charge in [0.1, 0.15) is 5.25 Å². The fourth-order valence-corrected chi connectivity index (χ4v) is 2.25. The van der Waals surface area contributed by atoms with Crippen LogP contribution < -0.4 is 0 Å². The van der Waals surface area contributed by atoms with E-state index >= 15 is 0 Å². The third-order valence-corrected chi connectivity index (χ3v) is 4.42. The third kappa shape index (κ3) is 2.26. The summed E-state index contributed by atoms with van der Waals surface area (Å²) >= 11 is 0. The Balaban J connectivity index is 2.59. The van der Waals surface area contributed by atoms with E-state index in [0.29, 0.717) is 16.5 Å². The van der Waals surface area contributed by atoms with E-state index in [0.717, 1.165) is 6.26 Å². The van der Waals surface area contributed by atoms with E-state index in [9.17, 15) is 13.2 Å². The molecule has 0 fully saturated rings. The maximum Gasteiger partial charge on any atom is 0.181 e. The standard InChI is InChI=1S/C13H13NO3S/c1-9(18(2,16)17)13(15)11-5-3-7-12-10(11)6-4-8-14-12/h3-9H,1-2H3. The SMILES string of the molecule is CC(C(=O)c1cccc2ncccc12)S(C)(=O)=O. The van der Waals surface area contributed by atoms with E-state index in [1.54, 1.807) is 36.5 Å². The number of carbonyl (C=O) groups is 1. The zero-order valence-corrected chi connectivity index (χ0v) is 10.9.